The van der Waals surface area contributed by atoms with Gasteiger partial charge in [0.15, 0.2) is 0 Å². The summed E-state index contributed by atoms with van der Waals surface area (Å²) >= 11 is 0. The van der Waals surface area contributed by atoms with Crippen LogP contribution in [0.5, 0.6) is 0 Å². The lowest BCUT2D eigenvalue weighted by atomic mass is 10.1. The van der Waals surface area contributed by atoms with Crippen molar-refractivity contribution in [1.82, 2.24) is 0 Å². The Labute approximate surface area is 61.5 Å². The molecule has 1 aliphatic rings. The van der Waals surface area contributed by atoms with Crippen molar-refractivity contribution in [1.29, 1.82) is 0 Å². The lowest BCUT2D eigenvalue weighted by Gasteiger charge is -2.13. The molecule has 0 aliphatic carbocycles. The van der Waals surface area contributed by atoms with E-state index in [0.29, 0.717) is 19.1 Å². The molecule has 1 fully saturated rings. The van der Waals surface area contributed by atoms with Crippen LogP contribution >= 0.6 is 0 Å². The average molecular weight is 140 g/mol. The van der Waals surface area contributed by atoms with Gasteiger partial charge in [-0.15, -0.1) is 6.42 Å². The quantitative estimate of drug-likeness (QED) is 0.460. The minimum Gasteiger partial charge on any atom is -0.379 e. The van der Waals surface area contributed by atoms with Crippen molar-refractivity contribution in [3.8, 4) is 12.3 Å². The van der Waals surface area contributed by atoms with Crippen molar-refractivity contribution >= 4 is 0 Å². The number of ether oxygens (including phenoxy) is 2. The Balaban J connectivity index is 2.45. The van der Waals surface area contributed by atoms with Gasteiger partial charge in [0.25, 0.3) is 0 Å². The molecule has 0 aromatic carbocycles. The van der Waals surface area contributed by atoms with Gasteiger partial charge in [0.2, 0.25) is 0 Å². The third-order valence-electron chi connectivity index (χ3n) is 1.59. The van der Waals surface area contributed by atoms with Crippen molar-refractivity contribution in [3.05, 3.63) is 0 Å². The Hall–Kier alpha value is -0.520. The molecule has 1 heterocycles. The van der Waals surface area contributed by atoms with Crippen LogP contribution in [0, 0.1) is 18.3 Å². The van der Waals surface area contributed by atoms with Crippen molar-refractivity contribution in [2.24, 2.45) is 5.92 Å². The van der Waals surface area contributed by atoms with Crippen LogP contribution in [0.2, 0.25) is 0 Å². The van der Waals surface area contributed by atoms with Crippen LogP contribution in [0.1, 0.15) is 6.92 Å². The molecule has 0 spiro atoms. The SMILES string of the molecule is C#CC1OCCOCC1C. The molecule has 10 heavy (non-hydrogen) atoms. The van der Waals surface area contributed by atoms with Gasteiger partial charge < -0.3 is 9.47 Å². The summed E-state index contributed by atoms with van der Waals surface area (Å²) in [6, 6.07) is 0. The summed E-state index contributed by atoms with van der Waals surface area (Å²) in [6.07, 6.45) is 5.18. The second-order valence-electron chi connectivity index (χ2n) is 2.51. The van der Waals surface area contributed by atoms with E-state index < -0.39 is 0 Å². The molecule has 2 unspecified atom stereocenters. The molecule has 2 heteroatoms. The van der Waals surface area contributed by atoms with Crippen LogP contribution in [-0.2, 0) is 9.47 Å². The van der Waals surface area contributed by atoms with Crippen molar-refractivity contribution in [3.63, 3.8) is 0 Å². The fourth-order valence-electron chi connectivity index (χ4n) is 0.967. The maximum absolute atomic E-state index is 5.30. The minimum absolute atomic E-state index is 0.0532. The smallest absolute Gasteiger partial charge is 0.122 e. The van der Waals surface area contributed by atoms with E-state index in [-0.39, 0.29) is 6.10 Å². The third-order valence-corrected chi connectivity index (χ3v) is 1.59. The van der Waals surface area contributed by atoms with Crippen molar-refractivity contribution in [2.45, 2.75) is 13.0 Å². The lowest BCUT2D eigenvalue weighted by Crippen LogP contribution is -2.20. The van der Waals surface area contributed by atoms with E-state index in [2.05, 4.69) is 5.92 Å². The summed E-state index contributed by atoms with van der Waals surface area (Å²) in [5, 5.41) is 0. The van der Waals surface area contributed by atoms with Gasteiger partial charge in [0.05, 0.1) is 19.8 Å². The first kappa shape index (κ1) is 7.59. The van der Waals surface area contributed by atoms with E-state index in [0.717, 1.165) is 6.61 Å². The van der Waals surface area contributed by atoms with Crippen LogP contribution in [0.25, 0.3) is 0 Å². The van der Waals surface area contributed by atoms with E-state index in [9.17, 15) is 0 Å². The highest BCUT2D eigenvalue weighted by Crippen LogP contribution is 2.10. The number of hydrogen-bond donors (Lipinski definition) is 0. The van der Waals surface area contributed by atoms with Gasteiger partial charge in [-0.3, -0.25) is 0 Å². The summed E-state index contributed by atoms with van der Waals surface area (Å²) < 4.78 is 10.5. The first-order valence-electron chi connectivity index (χ1n) is 3.50. The topological polar surface area (TPSA) is 18.5 Å². The molecule has 0 radical (unpaired) electrons. The van der Waals surface area contributed by atoms with E-state index in [1.165, 1.54) is 0 Å². The van der Waals surface area contributed by atoms with Gasteiger partial charge in [-0.05, 0) is 0 Å². The van der Waals surface area contributed by atoms with Crippen LogP contribution in [0.15, 0.2) is 0 Å². The van der Waals surface area contributed by atoms with Gasteiger partial charge in [0, 0.05) is 5.92 Å². The van der Waals surface area contributed by atoms with Gasteiger partial charge in [-0.2, -0.15) is 0 Å². The van der Waals surface area contributed by atoms with Gasteiger partial charge in [0.1, 0.15) is 6.10 Å². The van der Waals surface area contributed by atoms with Crippen LogP contribution in [0.3, 0.4) is 0 Å². The highest BCUT2D eigenvalue weighted by molar-refractivity contribution is 4.97. The molecule has 1 rings (SSSR count). The standard InChI is InChI=1S/C8H12O2/c1-3-8-7(2)6-9-4-5-10-8/h1,7-8H,4-6H2,2H3. The lowest BCUT2D eigenvalue weighted by molar-refractivity contribution is 0.0738. The summed E-state index contributed by atoms with van der Waals surface area (Å²) in [5.74, 6) is 2.92. The van der Waals surface area contributed by atoms with E-state index in [1.807, 2.05) is 6.92 Å². The second-order valence-corrected chi connectivity index (χ2v) is 2.51. The third kappa shape index (κ3) is 1.73. The van der Waals surface area contributed by atoms with Crippen LogP contribution < -0.4 is 0 Å². The predicted octanol–water partition coefficient (Wildman–Crippen LogP) is 0.671. The Kier molecular flexibility index (Phi) is 2.73. The molecule has 0 aromatic heterocycles. The first-order chi connectivity index (χ1) is 4.84. The van der Waals surface area contributed by atoms with Crippen molar-refractivity contribution < 1.29 is 9.47 Å². The minimum atomic E-state index is -0.0532. The van der Waals surface area contributed by atoms with Crippen LogP contribution in [-0.4, -0.2) is 25.9 Å². The molecule has 1 aliphatic heterocycles. The van der Waals surface area contributed by atoms with Gasteiger partial charge in [-0.1, -0.05) is 12.8 Å². The fraction of sp³-hybridized carbons (Fsp3) is 0.750. The second kappa shape index (κ2) is 3.60. The molecule has 0 amide bonds. The molecule has 0 saturated carbocycles. The molecule has 56 valence electrons. The molecule has 0 bridgehead atoms. The molecular weight excluding hydrogens is 128 g/mol. The van der Waals surface area contributed by atoms with Gasteiger partial charge in [-0.25, -0.2) is 0 Å². The molecule has 2 nitrogen and oxygen atoms in total. The maximum Gasteiger partial charge on any atom is 0.122 e. The first-order valence-corrected chi connectivity index (χ1v) is 3.50. The molecule has 2 atom stereocenters. The molecule has 0 N–H and O–H groups in total. The average Bonchev–Trinajstić information content (AvgIpc) is 2.13. The zero-order valence-corrected chi connectivity index (χ0v) is 6.17. The Morgan fingerprint density at radius 2 is 2.30 bits per heavy atom. The van der Waals surface area contributed by atoms with Crippen molar-refractivity contribution in [2.75, 3.05) is 19.8 Å². The summed E-state index contributed by atoms with van der Waals surface area (Å²) in [4.78, 5) is 0. The number of rotatable bonds is 0. The molecule has 1 saturated heterocycles. The van der Waals surface area contributed by atoms with Gasteiger partial charge >= 0.3 is 0 Å². The predicted molar refractivity (Wildman–Crippen MR) is 38.6 cm³/mol. The highest BCUT2D eigenvalue weighted by Gasteiger charge is 2.17. The Bertz CT molecular complexity index is 137. The summed E-state index contributed by atoms with van der Waals surface area (Å²) in [7, 11) is 0. The molecule has 0 aromatic rings. The summed E-state index contributed by atoms with van der Waals surface area (Å²) in [5.41, 5.74) is 0. The fourth-order valence-corrected chi connectivity index (χ4v) is 0.967. The Morgan fingerprint density at radius 3 is 3.00 bits per heavy atom. The zero-order valence-electron chi connectivity index (χ0n) is 6.17. The number of terminal acetylenes is 1. The largest absolute Gasteiger partial charge is 0.379 e. The molecular formula is C8H12O2. The monoisotopic (exact) mass is 140 g/mol. The summed E-state index contributed by atoms with van der Waals surface area (Å²) in [6.45, 7) is 4.05. The van der Waals surface area contributed by atoms with E-state index >= 15 is 0 Å². The van der Waals surface area contributed by atoms with Crippen LogP contribution in [0.4, 0.5) is 0 Å². The highest BCUT2D eigenvalue weighted by atomic mass is 16.5. The normalized spacial score (nSPS) is 34.4. The number of hydrogen-bond acceptors (Lipinski definition) is 2. The zero-order chi connectivity index (χ0) is 7.40. The maximum atomic E-state index is 5.30. The Morgan fingerprint density at radius 1 is 1.50 bits per heavy atom. The van der Waals surface area contributed by atoms with E-state index in [1.54, 1.807) is 0 Å². The van der Waals surface area contributed by atoms with E-state index in [4.69, 9.17) is 15.9 Å².